The first-order chi connectivity index (χ1) is 17.1. The van der Waals surface area contributed by atoms with Gasteiger partial charge in [0.25, 0.3) is 0 Å². The first kappa shape index (κ1) is 24.9. The lowest BCUT2D eigenvalue weighted by Crippen LogP contribution is -2.37. The van der Waals surface area contributed by atoms with E-state index in [1.165, 1.54) is 32.0 Å². The number of aromatic nitrogens is 1. The summed E-state index contributed by atoms with van der Waals surface area (Å²) in [5.41, 5.74) is 0.437. The molecule has 0 aliphatic rings. The van der Waals surface area contributed by atoms with Gasteiger partial charge in [-0.1, -0.05) is 18.2 Å². The van der Waals surface area contributed by atoms with Gasteiger partial charge >= 0.3 is 5.97 Å². The Morgan fingerprint density at radius 1 is 0.944 bits per heavy atom. The van der Waals surface area contributed by atoms with Crippen LogP contribution in [-0.4, -0.2) is 28.3 Å². The fourth-order valence-electron chi connectivity index (χ4n) is 3.54. The highest BCUT2D eigenvalue weighted by molar-refractivity contribution is 5.76. The van der Waals surface area contributed by atoms with Crippen LogP contribution < -0.4 is 9.47 Å². The van der Waals surface area contributed by atoms with Gasteiger partial charge in [0.2, 0.25) is 5.89 Å². The highest BCUT2D eigenvalue weighted by Gasteiger charge is 2.29. The van der Waals surface area contributed by atoms with Gasteiger partial charge in [-0.05, 0) is 74.9 Å². The summed E-state index contributed by atoms with van der Waals surface area (Å²) in [6.45, 7) is 5.11. The molecule has 4 rings (SSSR count). The molecule has 0 radical (unpaired) electrons. The third-order valence-corrected chi connectivity index (χ3v) is 5.60. The number of aryl methyl sites for hydroxylation is 1. The van der Waals surface area contributed by atoms with Crippen LogP contribution in [0.1, 0.15) is 25.3 Å². The van der Waals surface area contributed by atoms with Crippen molar-refractivity contribution in [1.29, 1.82) is 0 Å². The molecule has 0 amide bonds. The van der Waals surface area contributed by atoms with Gasteiger partial charge in [0.05, 0.1) is 17.9 Å². The van der Waals surface area contributed by atoms with E-state index in [0.29, 0.717) is 47.3 Å². The fourth-order valence-corrected chi connectivity index (χ4v) is 3.54. The van der Waals surface area contributed by atoms with Crippen molar-refractivity contribution in [1.82, 2.24) is 4.98 Å². The Kier molecular flexibility index (Phi) is 7.05. The summed E-state index contributed by atoms with van der Waals surface area (Å²) >= 11 is 0. The number of carboxylic acids is 1. The number of benzene rings is 3. The van der Waals surface area contributed by atoms with Crippen molar-refractivity contribution >= 4 is 5.97 Å². The van der Waals surface area contributed by atoms with Crippen LogP contribution in [0.3, 0.4) is 0 Å². The lowest BCUT2D eigenvalue weighted by Gasteiger charge is -2.21. The zero-order valence-corrected chi connectivity index (χ0v) is 20.0. The number of halogens is 2. The van der Waals surface area contributed by atoms with E-state index in [4.69, 9.17) is 19.0 Å². The van der Waals surface area contributed by atoms with E-state index < -0.39 is 23.2 Å². The maximum atomic E-state index is 14.1. The molecule has 0 aliphatic carbocycles. The molecule has 36 heavy (non-hydrogen) atoms. The van der Waals surface area contributed by atoms with Crippen LogP contribution in [-0.2, 0) is 11.2 Å². The van der Waals surface area contributed by atoms with E-state index in [0.717, 1.165) is 5.69 Å². The summed E-state index contributed by atoms with van der Waals surface area (Å²) in [7, 11) is 0. The SMILES string of the molecule is Cc1oc(-c2ccc(-c3c(F)cccc3F)cc2)nc1CCOc1ccc(OC(C)(C)C(=O)O)cc1. The van der Waals surface area contributed by atoms with Crippen molar-refractivity contribution in [3.8, 4) is 34.1 Å². The topological polar surface area (TPSA) is 81.8 Å². The third-order valence-electron chi connectivity index (χ3n) is 5.60. The van der Waals surface area contributed by atoms with E-state index in [-0.39, 0.29) is 5.56 Å². The number of oxazole rings is 1. The second kappa shape index (κ2) is 10.2. The van der Waals surface area contributed by atoms with Crippen molar-refractivity contribution in [2.75, 3.05) is 6.61 Å². The second-order valence-corrected chi connectivity index (χ2v) is 8.68. The van der Waals surface area contributed by atoms with Crippen molar-refractivity contribution in [3.05, 3.63) is 89.8 Å². The molecule has 4 aromatic rings. The minimum atomic E-state index is -1.33. The Morgan fingerprint density at radius 2 is 1.53 bits per heavy atom. The van der Waals surface area contributed by atoms with Crippen LogP contribution in [0.4, 0.5) is 8.78 Å². The van der Waals surface area contributed by atoms with E-state index in [1.807, 2.05) is 6.92 Å². The normalized spacial score (nSPS) is 11.4. The van der Waals surface area contributed by atoms with Gasteiger partial charge in [-0.15, -0.1) is 0 Å². The molecule has 1 N–H and O–H groups in total. The molecule has 0 atom stereocenters. The Labute approximate surface area is 207 Å². The van der Waals surface area contributed by atoms with Crippen LogP contribution in [0.2, 0.25) is 0 Å². The second-order valence-electron chi connectivity index (χ2n) is 8.68. The zero-order chi connectivity index (χ0) is 25.9. The number of carboxylic acid groups (broad SMARTS) is 1. The van der Waals surface area contributed by atoms with Gasteiger partial charge in [-0.2, -0.15) is 0 Å². The summed E-state index contributed by atoms with van der Waals surface area (Å²) in [6.07, 6.45) is 0.498. The van der Waals surface area contributed by atoms with E-state index >= 15 is 0 Å². The van der Waals surface area contributed by atoms with Crippen molar-refractivity contribution in [2.45, 2.75) is 32.8 Å². The van der Waals surface area contributed by atoms with E-state index in [9.17, 15) is 13.6 Å². The molecule has 0 aliphatic heterocycles. The van der Waals surface area contributed by atoms with Gasteiger partial charge in [0.15, 0.2) is 5.60 Å². The van der Waals surface area contributed by atoms with E-state index in [2.05, 4.69) is 4.98 Å². The number of carbonyl (C=O) groups is 1. The maximum absolute atomic E-state index is 14.1. The summed E-state index contributed by atoms with van der Waals surface area (Å²) in [5.74, 6) is -0.210. The highest BCUT2D eigenvalue weighted by Crippen LogP contribution is 2.29. The predicted octanol–water partition coefficient (Wildman–Crippen LogP) is 6.46. The molecule has 1 heterocycles. The lowest BCUT2D eigenvalue weighted by molar-refractivity contribution is -0.152. The molecule has 1 aromatic heterocycles. The molecule has 186 valence electrons. The Balaban J connectivity index is 1.37. The molecule has 8 heteroatoms. The fraction of sp³-hybridized carbons (Fsp3) is 0.214. The summed E-state index contributed by atoms with van der Waals surface area (Å²) in [5, 5.41) is 9.17. The minimum Gasteiger partial charge on any atom is -0.493 e. The first-order valence-electron chi connectivity index (χ1n) is 11.3. The Bertz CT molecular complexity index is 1340. The van der Waals surface area contributed by atoms with Gasteiger partial charge in [-0.25, -0.2) is 18.6 Å². The number of nitrogens with zero attached hydrogens (tertiary/aromatic N) is 1. The molecular weight excluding hydrogens is 468 g/mol. The number of rotatable bonds is 9. The minimum absolute atomic E-state index is 0.0735. The summed E-state index contributed by atoms with van der Waals surface area (Å²) < 4.78 is 45.2. The summed E-state index contributed by atoms with van der Waals surface area (Å²) in [4.78, 5) is 15.7. The summed E-state index contributed by atoms with van der Waals surface area (Å²) in [6, 6.07) is 17.2. The molecule has 3 aromatic carbocycles. The largest absolute Gasteiger partial charge is 0.493 e. The molecule has 0 spiro atoms. The van der Waals surface area contributed by atoms with Crippen LogP contribution in [0.25, 0.3) is 22.6 Å². The zero-order valence-electron chi connectivity index (χ0n) is 20.0. The average molecular weight is 494 g/mol. The highest BCUT2D eigenvalue weighted by atomic mass is 19.1. The van der Waals surface area contributed by atoms with Crippen LogP contribution in [0.15, 0.2) is 71.1 Å². The van der Waals surface area contributed by atoms with Gasteiger partial charge in [0.1, 0.15) is 28.9 Å². The molecular formula is C28H25F2NO5. The van der Waals surface area contributed by atoms with Crippen molar-refractivity contribution in [2.24, 2.45) is 0 Å². The molecule has 0 bridgehead atoms. The molecule has 0 fully saturated rings. The van der Waals surface area contributed by atoms with Crippen molar-refractivity contribution < 1.29 is 32.6 Å². The first-order valence-corrected chi connectivity index (χ1v) is 11.3. The standard InChI is InChI=1S/C28H25F2NO5/c1-17-24(15-16-34-20-11-13-21(14-12-20)36-28(2,3)27(32)33)31-26(35-17)19-9-7-18(8-10-19)25-22(29)5-4-6-23(25)30/h4-14H,15-16H2,1-3H3,(H,32,33). The number of ether oxygens (including phenoxy) is 2. The molecule has 0 saturated heterocycles. The quantitative estimate of drug-likeness (QED) is 0.288. The molecule has 0 unspecified atom stereocenters. The third kappa shape index (κ3) is 5.54. The van der Waals surface area contributed by atoms with Gasteiger partial charge < -0.3 is 19.0 Å². The van der Waals surface area contributed by atoms with Gasteiger partial charge in [0, 0.05) is 12.0 Å². The molecule has 6 nitrogen and oxygen atoms in total. The molecule has 0 saturated carbocycles. The van der Waals surface area contributed by atoms with Crippen LogP contribution in [0.5, 0.6) is 11.5 Å². The maximum Gasteiger partial charge on any atom is 0.347 e. The van der Waals surface area contributed by atoms with Crippen molar-refractivity contribution in [3.63, 3.8) is 0 Å². The Hall–Kier alpha value is -4.20. The van der Waals surface area contributed by atoms with E-state index in [1.54, 1.807) is 48.5 Å². The number of hydrogen-bond donors (Lipinski definition) is 1. The smallest absolute Gasteiger partial charge is 0.347 e. The monoisotopic (exact) mass is 493 g/mol. The van der Waals surface area contributed by atoms with Crippen LogP contribution >= 0.6 is 0 Å². The lowest BCUT2D eigenvalue weighted by atomic mass is 10.0. The number of aliphatic carboxylic acids is 1. The Morgan fingerprint density at radius 3 is 2.14 bits per heavy atom. The van der Waals surface area contributed by atoms with Gasteiger partial charge in [-0.3, -0.25) is 0 Å². The predicted molar refractivity (Wildman–Crippen MR) is 130 cm³/mol. The average Bonchev–Trinajstić information content (AvgIpc) is 3.20. The van der Waals surface area contributed by atoms with Crippen LogP contribution in [0, 0.1) is 18.6 Å². The number of hydrogen-bond acceptors (Lipinski definition) is 5.